The lowest BCUT2D eigenvalue weighted by Crippen LogP contribution is -2.52. The third-order valence-corrected chi connectivity index (χ3v) is 10.5. The van der Waals surface area contributed by atoms with E-state index >= 15 is 0 Å². The van der Waals surface area contributed by atoms with E-state index in [2.05, 4.69) is 31.9 Å². The number of rotatable bonds is 34. The molecule has 0 radical (unpaired) electrons. The van der Waals surface area contributed by atoms with Crippen LogP contribution in [0.1, 0.15) is 109 Å². The van der Waals surface area contributed by atoms with E-state index in [0.29, 0.717) is 11.1 Å². The van der Waals surface area contributed by atoms with Gasteiger partial charge in [0.1, 0.15) is 36.3 Å². The number of carbonyl (C=O) groups excluding carboxylic acids is 6. The summed E-state index contributed by atoms with van der Waals surface area (Å²) in [5.74, 6) is -17.6. The Hall–Kier alpha value is -9.24. The third-order valence-electron chi connectivity index (χ3n) is 10.5. The number of amides is 6. The molecule has 0 saturated carbocycles. The van der Waals surface area contributed by atoms with Crippen molar-refractivity contribution in [2.45, 2.75) is 113 Å². The van der Waals surface area contributed by atoms with Crippen molar-refractivity contribution in [1.82, 2.24) is 31.9 Å². The molecule has 74 heavy (non-hydrogen) atoms. The number of carboxylic acid groups (broad SMARTS) is 8. The molecule has 0 aromatic heterocycles. The lowest BCUT2D eigenvalue weighted by molar-refractivity contribution is -0.144. The van der Waals surface area contributed by atoms with Crippen LogP contribution in [0.25, 0.3) is 12.2 Å². The van der Waals surface area contributed by atoms with Crippen molar-refractivity contribution in [1.29, 1.82) is 0 Å². The zero-order chi connectivity index (χ0) is 55.7. The maximum atomic E-state index is 13.3. The first kappa shape index (κ1) is 60.9. The zero-order valence-corrected chi connectivity index (χ0v) is 39.0. The highest BCUT2D eigenvalue weighted by Crippen LogP contribution is 2.14. The predicted octanol–water partition coefficient (Wildman–Crippen LogP) is -0.649. The monoisotopic (exact) mass is 1040 g/mol. The Balaban J connectivity index is 2.25. The van der Waals surface area contributed by atoms with Crippen molar-refractivity contribution in [3.8, 4) is 0 Å². The summed E-state index contributed by atoms with van der Waals surface area (Å²) in [6.45, 7) is 0. The van der Waals surface area contributed by atoms with Gasteiger partial charge in [-0.25, -0.2) is 19.2 Å². The van der Waals surface area contributed by atoms with Gasteiger partial charge in [-0.15, -0.1) is 0 Å². The second-order valence-corrected chi connectivity index (χ2v) is 16.2. The summed E-state index contributed by atoms with van der Waals surface area (Å²) in [4.78, 5) is 169. The SMILES string of the molecule is O=C(O)CC[C@H](NC(=O)CCC(NC(=O)c1ccc(/C=C/c2ccc(C(=O)NC(CCC(=O)N[C@@H](CCC(=O)O)C(=O)O)C(=O)N[C@@H](CCC(=O)O)C(=O)O)cc2)cc1)C(=O)N[C@@H](CCC(=O)O)C(=O)O)C(=O)O. The number of carboxylic acids is 8. The van der Waals surface area contributed by atoms with Crippen LogP contribution in [0.4, 0.5) is 0 Å². The molecule has 2 rings (SSSR count). The second kappa shape index (κ2) is 30.5. The Morgan fingerprint density at radius 1 is 0.324 bits per heavy atom. The van der Waals surface area contributed by atoms with E-state index in [4.69, 9.17) is 20.4 Å². The average Bonchev–Trinajstić information content (AvgIpc) is 3.32. The summed E-state index contributed by atoms with van der Waals surface area (Å²) < 4.78 is 0. The molecule has 0 spiro atoms. The number of hydrogen-bond acceptors (Lipinski definition) is 14. The molecule has 400 valence electrons. The molecule has 0 aliphatic rings. The van der Waals surface area contributed by atoms with Crippen molar-refractivity contribution in [3.63, 3.8) is 0 Å². The van der Waals surface area contributed by atoms with Crippen LogP contribution < -0.4 is 31.9 Å². The molecule has 2 unspecified atom stereocenters. The minimum absolute atomic E-state index is 0.0356. The zero-order valence-electron chi connectivity index (χ0n) is 39.0. The van der Waals surface area contributed by atoms with Crippen LogP contribution >= 0.6 is 0 Å². The van der Waals surface area contributed by atoms with Crippen LogP contribution in [-0.2, 0) is 57.5 Å². The molecule has 0 heterocycles. The molecule has 2 aromatic carbocycles. The second-order valence-electron chi connectivity index (χ2n) is 16.2. The van der Waals surface area contributed by atoms with Crippen molar-refractivity contribution in [2.75, 3.05) is 0 Å². The largest absolute Gasteiger partial charge is 0.481 e. The highest BCUT2D eigenvalue weighted by atomic mass is 16.4. The molecule has 28 heteroatoms. The van der Waals surface area contributed by atoms with E-state index in [9.17, 15) is 87.5 Å². The predicted molar refractivity (Wildman–Crippen MR) is 249 cm³/mol. The van der Waals surface area contributed by atoms with Crippen LogP contribution in [-0.4, -0.2) is 160 Å². The fraction of sp³-hybridized carbons (Fsp3) is 0.391. The molecule has 28 nitrogen and oxygen atoms in total. The van der Waals surface area contributed by atoms with Gasteiger partial charge in [-0.2, -0.15) is 0 Å². The van der Waals surface area contributed by atoms with Gasteiger partial charge in [0.15, 0.2) is 0 Å². The molecular formula is C46H54N6O22. The Bertz CT molecular complexity index is 2290. The van der Waals surface area contributed by atoms with Gasteiger partial charge in [-0.1, -0.05) is 36.4 Å². The first-order valence-electron chi connectivity index (χ1n) is 22.2. The summed E-state index contributed by atoms with van der Waals surface area (Å²) in [7, 11) is 0. The maximum Gasteiger partial charge on any atom is 0.326 e. The summed E-state index contributed by atoms with van der Waals surface area (Å²) in [6.07, 6.45) is -3.63. The van der Waals surface area contributed by atoms with Gasteiger partial charge in [0.25, 0.3) is 11.8 Å². The van der Waals surface area contributed by atoms with Crippen molar-refractivity contribution in [3.05, 3.63) is 70.8 Å². The molecular weight excluding hydrogens is 989 g/mol. The lowest BCUT2D eigenvalue weighted by atomic mass is 10.0. The Morgan fingerprint density at radius 2 is 0.568 bits per heavy atom. The van der Waals surface area contributed by atoms with Gasteiger partial charge in [-0.3, -0.25) is 47.9 Å². The smallest absolute Gasteiger partial charge is 0.326 e. The molecule has 0 aliphatic heterocycles. The average molecular weight is 1040 g/mol. The molecule has 0 saturated heterocycles. The summed E-state index contributed by atoms with van der Waals surface area (Å²) in [6, 6.07) is 1.34. The summed E-state index contributed by atoms with van der Waals surface area (Å²) >= 11 is 0. The molecule has 0 bridgehead atoms. The Kier molecular flexibility index (Phi) is 25.1. The van der Waals surface area contributed by atoms with Crippen molar-refractivity contribution in [2.24, 2.45) is 0 Å². The minimum atomic E-state index is -1.72. The van der Waals surface area contributed by atoms with Crippen LogP contribution in [0.2, 0.25) is 0 Å². The summed E-state index contributed by atoms with van der Waals surface area (Å²) in [5.41, 5.74) is 0.939. The van der Waals surface area contributed by atoms with E-state index in [1.54, 1.807) is 12.2 Å². The van der Waals surface area contributed by atoms with E-state index in [1.807, 2.05) is 0 Å². The van der Waals surface area contributed by atoms with E-state index in [1.165, 1.54) is 48.5 Å². The van der Waals surface area contributed by atoms with Crippen LogP contribution in [0, 0.1) is 0 Å². The van der Waals surface area contributed by atoms with Crippen LogP contribution in [0.5, 0.6) is 0 Å². The van der Waals surface area contributed by atoms with Gasteiger partial charge in [0, 0.05) is 49.7 Å². The third kappa shape index (κ3) is 23.1. The fourth-order valence-electron chi connectivity index (χ4n) is 6.43. The van der Waals surface area contributed by atoms with Gasteiger partial charge >= 0.3 is 47.8 Å². The molecule has 6 atom stereocenters. The highest BCUT2D eigenvalue weighted by molar-refractivity contribution is 6.00. The van der Waals surface area contributed by atoms with E-state index < -0.39 is 196 Å². The summed E-state index contributed by atoms with van der Waals surface area (Å²) in [5, 5.41) is 86.8. The minimum Gasteiger partial charge on any atom is -0.481 e. The fourth-order valence-corrected chi connectivity index (χ4v) is 6.43. The molecule has 2 aromatic rings. The van der Waals surface area contributed by atoms with Gasteiger partial charge in [0.2, 0.25) is 23.6 Å². The number of aliphatic carboxylic acids is 8. The number of benzene rings is 2. The van der Waals surface area contributed by atoms with E-state index in [-0.39, 0.29) is 11.1 Å². The van der Waals surface area contributed by atoms with Crippen molar-refractivity contribution >= 4 is 95.3 Å². The van der Waals surface area contributed by atoms with Crippen LogP contribution in [0.15, 0.2) is 48.5 Å². The lowest BCUT2D eigenvalue weighted by Gasteiger charge is -2.22. The molecule has 0 aliphatic carbocycles. The molecule has 6 amide bonds. The van der Waals surface area contributed by atoms with Gasteiger partial charge in [0.05, 0.1) is 0 Å². The first-order valence-corrected chi connectivity index (χ1v) is 22.2. The Morgan fingerprint density at radius 3 is 0.811 bits per heavy atom. The highest BCUT2D eigenvalue weighted by Gasteiger charge is 2.31. The van der Waals surface area contributed by atoms with Crippen molar-refractivity contribution < 1.29 is 108 Å². The molecule has 14 N–H and O–H groups in total. The number of nitrogens with one attached hydrogen (secondary N) is 6. The van der Waals surface area contributed by atoms with Gasteiger partial charge in [-0.05, 0) is 73.9 Å². The molecule has 0 fully saturated rings. The quantitative estimate of drug-likeness (QED) is 0.0387. The Labute approximate surface area is 418 Å². The standard InChI is InChI=1S/C46H54N6O22/c53-33(47-29(43(67)68)13-19-35(55)56)17-11-27(41(65)51-31(45(71)72)15-21-37(59)60)49-39(63)25-7-3-23(4-8-25)1-2-24-5-9-26(10-6-24)40(64)50-28(42(66)52-32(46(73)74)16-22-38(61)62)12-18-34(54)48-30(44(69)70)14-20-36(57)58/h1-10,27-32H,11-22H2,(H,47,53)(H,48,54)(H,49,63)(H,50,64)(H,51,65)(H,52,66)(H,55,56)(H,57,58)(H,59,60)(H,61,62)(H,67,68)(H,69,70)(H,71,72)(H,73,74)/b2-1+/t27?,28?,29-,30-,31-,32-/m0/s1. The topological polar surface area (TPSA) is 473 Å². The van der Waals surface area contributed by atoms with Crippen LogP contribution in [0.3, 0.4) is 0 Å². The van der Waals surface area contributed by atoms with E-state index in [0.717, 1.165) is 0 Å². The number of carbonyl (C=O) groups is 14. The number of hydrogen-bond donors (Lipinski definition) is 14. The normalized spacial score (nSPS) is 13.2. The van der Waals surface area contributed by atoms with Gasteiger partial charge < -0.3 is 72.8 Å². The maximum absolute atomic E-state index is 13.3. The first-order chi connectivity index (χ1) is 34.7.